The summed E-state index contributed by atoms with van der Waals surface area (Å²) in [6, 6.07) is 7.62. The quantitative estimate of drug-likeness (QED) is 0.690. The predicted octanol–water partition coefficient (Wildman–Crippen LogP) is 3.06. The largest absolute Gasteiger partial charge is 0.338 e. The molecule has 1 aromatic carbocycles. The molecule has 0 unspecified atom stereocenters. The van der Waals surface area contributed by atoms with Crippen LogP contribution in [0.25, 0.3) is 11.4 Å². The van der Waals surface area contributed by atoms with Crippen molar-refractivity contribution in [3.8, 4) is 11.4 Å². The van der Waals surface area contributed by atoms with Crippen LogP contribution < -0.4 is 0 Å². The average molecular weight is 406 g/mol. The molecule has 2 rings (SSSR count). The van der Waals surface area contributed by atoms with Gasteiger partial charge in [-0.2, -0.15) is 4.98 Å². The number of halogens is 1. The Balaban J connectivity index is 2.11. The van der Waals surface area contributed by atoms with Gasteiger partial charge in [0.15, 0.2) is 9.84 Å². The molecule has 0 radical (unpaired) electrons. The molecule has 108 valence electrons. The molecule has 0 aliphatic rings. The molecule has 0 aliphatic heterocycles. The SMILES string of the molecule is CCCCS(=O)(=O)Cc1nc(-c2ccc(I)cc2)no1. The van der Waals surface area contributed by atoms with E-state index in [-0.39, 0.29) is 17.4 Å². The molecule has 5 nitrogen and oxygen atoms in total. The summed E-state index contributed by atoms with van der Waals surface area (Å²) >= 11 is 2.21. The monoisotopic (exact) mass is 406 g/mol. The van der Waals surface area contributed by atoms with Crippen LogP contribution in [0.3, 0.4) is 0 Å². The Morgan fingerprint density at radius 1 is 1.25 bits per heavy atom. The molecule has 0 aliphatic carbocycles. The van der Waals surface area contributed by atoms with Gasteiger partial charge in [-0.15, -0.1) is 0 Å². The first-order chi connectivity index (χ1) is 9.50. The van der Waals surface area contributed by atoms with Crippen LogP contribution in [0.4, 0.5) is 0 Å². The van der Waals surface area contributed by atoms with Gasteiger partial charge in [-0.1, -0.05) is 30.6 Å². The fourth-order valence-electron chi connectivity index (χ4n) is 1.65. The van der Waals surface area contributed by atoms with Gasteiger partial charge in [-0.25, -0.2) is 8.42 Å². The fraction of sp³-hybridized carbons (Fsp3) is 0.385. The Labute approximate surface area is 131 Å². The molecule has 7 heteroatoms. The van der Waals surface area contributed by atoms with E-state index >= 15 is 0 Å². The van der Waals surface area contributed by atoms with Gasteiger partial charge in [-0.05, 0) is 41.1 Å². The third kappa shape index (κ3) is 4.27. The molecule has 0 saturated heterocycles. The Hall–Kier alpha value is -0.960. The Kier molecular flexibility index (Phi) is 5.14. The minimum absolute atomic E-state index is 0.148. The van der Waals surface area contributed by atoms with E-state index in [0.29, 0.717) is 12.2 Å². The van der Waals surface area contributed by atoms with Gasteiger partial charge in [0.25, 0.3) is 0 Å². The lowest BCUT2D eigenvalue weighted by atomic mass is 10.2. The highest BCUT2D eigenvalue weighted by Crippen LogP contribution is 2.18. The molecule has 1 heterocycles. The second kappa shape index (κ2) is 6.66. The number of benzene rings is 1. The van der Waals surface area contributed by atoms with Crippen LogP contribution in [0.1, 0.15) is 25.7 Å². The van der Waals surface area contributed by atoms with Gasteiger partial charge in [0.2, 0.25) is 11.7 Å². The summed E-state index contributed by atoms with van der Waals surface area (Å²) in [6.45, 7) is 1.96. The van der Waals surface area contributed by atoms with E-state index in [2.05, 4.69) is 32.7 Å². The second-order valence-corrected chi connectivity index (χ2v) is 7.89. The van der Waals surface area contributed by atoms with Gasteiger partial charge in [0, 0.05) is 9.13 Å². The molecular formula is C13H15IN2O3S. The number of rotatable bonds is 6. The first-order valence-electron chi connectivity index (χ1n) is 6.29. The summed E-state index contributed by atoms with van der Waals surface area (Å²) < 4.78 is 29.8. The molecular weight excluding hydrogens is 391 g/mol. The number of aromatic nitrogens is 2. The van der Waals surface area contributed by atoms with E-state index in [1.165, 1.54) is 0 Å². The van der Waals surface area contributed by atoms with Crippen molar-refractivity contribution in [2.75, 3.05) is 5.75 Å². The van der Waals surface area contributed by atoms with E-state index in [9.17, 15) is 8.42 Å². The predicted molar refractivity (Wildman–Crippen MR) is 84.8 cm³/mol. The molecule has 0 atom stereocenters. The number of nitrogens with zero attached hydrogens (tertiary/aromatic N) is 2. The number of hydrogen-bond donors (Lipinski definition) is 0. The summed E-state index contributed by atoms with van der Waals surface area (Å²) in [4.78, 5) is 4.14. The van der Waals surface area contributed by atoms with Gasteiger partial charge >= 0.3 is 0 Å². The van der Waals surface area contributed by atoms with Crippen LogP contribution >= 0.6 is 22.6 Å². The molecule has 0 amide bonds. The van der Waals surface area contributed by atoms with Crippen LogP contribution in [-0.2, 0) is 15.6 Å². The molecule has 0 N–H and O–H groups in total. The minimum atomic E-state index is -3.17. The van der Waals surface area contributed by atoms with Crippen molar-refractivity contribution in [2.24, 2.45) is 0 Å². The lowest BCUT2D eigenvalue weighted by molar-refractivity contribution is 0.389. The van der Waals surface area contributed by atoms with Crippen molar-refractivity contribution in [1.29, 1.82) is 0 Å². The highest BCUT2D eigenvalue weighted by atomic mass is 127. The van der Waals surface area contributed by atoms with Crippen molar-refractivity contribution in [1.82, 2.24) is 10.1 Å². The van der Waals surface area contributed by atoms with E-state index in [1.54, 1.807) is 0 Å². The number of unbranched alkanes of at least 4 members (excludes halogenated alkanes) is 1. The second-order valence-electron chi connectivity index (χ2n) is 4.46. The van der Waals surface area contributed by atoms with Crippen LogP contribution in [0.5, 0.6) is 0 Å². The van der Waals surface area contributed by atoms with Gasteiger partial charge in [-0.3, -0.25) is 0 Å². The molecule has 20 heavy (non-hydrogen) atoms. The number of sulfone groups is 1. The van der Waals surface area contributed by atoms with E-state index < -0.39 is 9.84 Å². The van der Waals surface area contributed by atoms with Crippen molar-refractivity contribution < 1.29 is 12.9 Å². The Morgan fingerprint density at radius 3 is 2.60 bits per heavy atom. The van der Waals surface area contributed by atoms with Crippen LogP contribution in [0.2, 0.25) is 0 Å². The Morgan fingerprint density at radius 2 is 1.95 bits per heavy atom. The average Bonchev–Trinajstić information content (AvgIpc) is 2.85. The smallest absolute Gasteiger partial charge is 0.242 e. The van der Waals surface area contributed by atoms with Crippen LogP contribution in [0.15, 0.2) is 28.8 Å². The number of hydrogen-bond acceptors (Lipinski definition) is 5. The first kappa shape index (κ1) is 15.4. The normalized spacial score (nSPS) is 11.7. The van der Waals surface area contributed by atoms with Crippen molar-refractivity contribution in [2.45, 2.75) is 25.5 Å². The summed E-state index contributed by atoms with van der Waals surface area (Å²) in [5.41, 5.74) is 0.811. The first-order valence-corrected chi connectivity index (χ1v) is 9.19. The van der Waals surface area contributed by atoms with Gasteiger partial charge in [0.05, 0.1) is 5.75 Å². The van der Waals surface area contributed by atoms with Crippen LogP contribution in [0, 0.1) is 3.57 Å². The molecule has 0 saturated carbocycles. The van der Waals surface area contributed by atoms with E-state index in [4.69, 9.17) is 4.52 Å². The van der Waals surface area contributed by atoms with Crippen molar-refractivity contribution in [3.05, 3.63) is 33.7 Å². The highest BCUT2D eigenvalue weighted by Gasteiger charge is 2.17. The topological polar surface area (TPSA) is 73.1 Å². The molecule has 0 bridgehead atoms. The van der Waals surface area contributed by atoms with Crippen LogP contribution in [-0.4, -0.2) is 24.3 Å². The zero-order valence-electron chi connectivity index (χ0n) is 11.0. The molecule has 1 aromatic heterocycles. The van der Waals surface area contributed by atoms with Gasteiger partial charge in [0.1, 0.15) is 5.75 Å². The summed E-state index contributed by atoms with van der Waals surface area (Å²) in [6.07, 6.45) is 1.50. The lowest BCUT2D eigenvalue weighted by Crippen LogP contribution is -2.09. The maximum atomic E-state index is 11.8. The standard InChI is InChI=1S/C13H15IN2O3S/c1-2-3-8-20(17,18)9-12-15-13(16-19-12)10-4-6-11(14)7-5-10/h4-7H,2-3,8-9H2,1H3. The summed E-state index contributed by atoms with van der Waals surface area (Å²) in [7, 11) is -3.17. The molecule has 0 spiro atoms. The van der Waals surface area contributed by atoms with Crippen molar-refractivity contribution >= 4 is 32.4 Å². The maximum absolute atomic E-state index is 11.8. The molecule has 0 fully saturated rings. The third-order valence-electron chi connectivity index (χ3n) is 2.72. The van der Waals surface area contributed by atoms with E-state index in [0.717, 1.165) is 15.6 Å². The molecule has 2 aromatic rings. The minimum Gasteiger partial charge on any atom is -0.338 e. The summed E-state index contributed by atoms with van der Waals surface area (Å²) in [5.74, 6) is 0.534. The fourth-order valence-corrected chi connectivity index (χ4v) is 3.38. The maximum Gasteiger partial charge on any atom is 0.242 e. The van der Waals surface area contributed by atoms with E-state index in [1.807, 2.05) is 31.2 Å². The van der Waals surface area contributed by atoms with Crippen molar-refractivity contribution in [3.63, 3.8) is 0 Å². The highest BCUT2D eigenvalue weighted by molar-refractivity contribution is 14.1. The van der Waals surface area contributed by atoms with Gasteiger partial charge < -0.3 is 4.52 Å². The zero-order chi connectivity index (χ0) is 14.6. The summed E-state index contributed by atoms with van der Waals surface area (Å²) in [5, 5.41) is 3.83. The lowest BCUT2D eigenvalue weighted by Gasteiger charge is -1.98. The third-order valence-corrected chi connectivity index (χ3v) is 5.04. The zero-order valence-corrected chi connectivity index (χ0v) is 14.0. The Bertz CT molecular complexity index is 665.